The van der Waals surface area contributed by atoms with E-state index in [1.165, 1.54) is 0 Å². The van der Waals surface area contributed by atoms with Crippen LogP contribution in [0, 0.1) is 0 Å². The summed E-state index contributed by atoms with van der Waals surface area (Å²) in [5.41, 5.74) is -0.267. The summed E-state index contributed by atoms with van der Waals surface area (Å²) in [5.74, 6) is 0.561. The lowest BCUT2D eigenvalue weighted by Crippen LogP contribution is -2.16. The maximum absolute atomic E-state index is 12.9. The summed E-state index contributed by atoms with van der Waals surface area (Å²) in [6.45, 7) is 0. The Kier molecular flexibility index (Phi) is 6.57. The Balaban J connectivity index is 1.70. The largest absolute Gasteiger partial charge is 0.496 e. The number of methoxy groups -OCH3 is 1. The molecule has 1 amide bonds. The Bertz CT molecular complexity index is 1070. The van der Waals surface area contributed by atoms with Gasteiger partial charge < -0.3 is 14.6 Å². The molecular weight excluding hydrogens is 441 g/mol. The molecule has 0 aliphatic heterocycles. The van der Waals surface area contributed by atoms with Gasteiger partial charge in [0, 0.05) is 7.05 Å². The minimum Gasteiger partial charge on any atom is -0.496 e. The average molecular weight is 457 g/mol. The zero-order valence-corrected chi connectivity index (χ0v) is 17.4. The first kappa shape index (κ1) is 22.0. The van der Waals surface area contributed by atoms with Gasteiger partial charge in [0.1, 0.15) is 5.75 Å². The highest BCUT2D eigenvalue weighted by molar-refractivity contribution is 7.99. The topological polar surface area (TPSA) is 69.0 Å². The summed E-state index contributed by atoms with van der Waals surface area (Å²) in [5, 5.41) is 11.1. The second kappa shape index (κ2) is 8.97. The van der Waals surface area contributed by atoms with Crippen molar-refractivity contribution in [3.8, 4) is 17.1 Å². The molecule has 3 aromatic rings. The predicted octanol–water partition coefficient (Wildman–Crippen LogP) is 4.89. The van der Waals surface area contributed by atoms with Crippen molar-refractivity contribution in [2.45, 2.75) is 11.3 Å². The lowest BCUT2D eigenvalue weighted by Gasteiger charge is -2.11. The zero-order chi connectivity index (χ0) is 21.9. The van der Waals surface area contributed by atoms with Crippen LogP contribution in [0.1, 0.15) is 5.56 Å². The minimum absolute atomic E-state index is 0.0125. The summed E-state index contributed by atoms with van der Waals surface area (Å²) in [4.78, 5) is 12.2. The number of halogens is 4. The van der Waals surface area contributed by atoms with E-state index in [1.54, 1.807) is 24.8 Å². The highest BCUT2D eigenvalue weighted by atomic mass is 35.5. The van der Waals surface area contributed by atoms with E-state index in [0.717, 1.165) is 35.5 Å². The van der Waals surface area contributed by atoms with Crippen molar-refractivity contribution in [2.24, 2.45) is 7.05 Å². The van der Waals surface area contributed by atoms with Crippen molar-refractivity contribution in [3.05, 3.63) is 53.1 Å². The van der Waals surface area contributed by atoms with Crippen molar-refractivity contribution in [3.63, 3.8) is 0 Å². The summed E-state index contributed by atoms with van der Waals surface area (Å²) in [6.07, 6.45) is -4.54. The van der Waals surface area contributed by atoms with Crippen LogP contribution in [-0.4, -0.2) is 33.5 Å². The molecule has 0 unspecified atom stereocenters. The van der Waals surface area contributed by atoms with Crippen LogP contribution < -0.4 is 10.1 Å². The summed E-state index contributed by atoms with van der Waals surface area (Å²) in [7, 11) is 3.29. The Morgan fingerprint density at radius 2 is 1.97 bits per heavy atom. The fraction of sp³-hybridized carbons (Fsp3) is 0.211. The third-order valence-electron chi connectivity index (χ3n) is 4.08. The smallest absolute Gasteiger partial charge is 0.416 e. The second-order valence-electron chi connectivity index (χ2n) is 6.09. The molecule has 30 heavy (non-hydrogen) atoms. The molecule has 2 aromatic carbocycles. The SMILES string of the molecule is COc1ccccc1-c1nnc(SCC(=O)Nc2cc(C(F)(F)F)ccc2Cl)n1C. The number of benzene rings is 2. The van der Waals surface area contributed by atoms with Gasteiger partial charge in [0.05, 0.1) is 34.7 Å². The number of rotatable bonds is 6. The van der Waals surface area contributed by atoms with Gasteiger partial charge >= 0.3 is 6.18 Å². The number of ether oxygens (including phenoxy) is 1. The maximum Gasteiger partial charge on any atom is 0.416 e. The summed E-state index contributed by atoms with van der Waals surface area (Å²) < 4.78 is 45.6. The molecule has 0 bridgehead atoms. The first-order valence-corrected chi connectivity index (χ1v) is 9.89. The van der Waals surface area contributed by atoms with Gasteiger partial charge in [-0.25, -0.2) is 0 Å². The number of para-hydroxylation sites is 1. The summed E-state index contributed by atoms with van der Waals surface area (Å²) >= 11 is 7.00. The van der Waals surface area contributed by atoms with Crippen LogP contribution in [0.3, 0.4) is 0 Å². The molecule has 0 fully saturated rings. The Morgan fingerprint density at radius 1 is 1.23 bits per heavy atom. The van der Waals surface area contributed by atoms with E-state index in [2.05, 4.69) is 15.5 Å². The highest BCUT2D eigenvalue weighted by Crippen LogP contribution is 2.34. The number of alkyl halides is 3. The Labute approximate surface area is 179 Å². The van der Waals surface area contributed by atoms with E-state index in [9.17, 15) is 18.0 Å². The van der Waals surface area contributed by atoms with Crippen molar-refractivity contribution in [2.75, 3.05) is 18.2 Å². The van der Waals surface area contributed by atoms with Gasteiger partial charge in [-0.05, 0) is 30.3 Å². The van der Waals surface area contributed by atoms with Crippen molar-refractivity contribution >= 4 is 35.0 Å². The average Bonchev–Trinajstić information content (AvgIpc) is 3.07. The number of anilines is 1. The van der Waals surface area contributed by atoms with Crippen molar-refractivity contribution in [1.29, 1.82) is 0 Å². The van der Waals surface area contributed by atoms with Gasteiger partial charge in [-0.3, -0.25) is 4.79 Å². The monoisotopic (exact) mass is 456 g/mol. The molecule has 158 valence electrons. The highest BCUT2D eigenvalue weighted by Gasteiger charge is 2.31. The van der Waals surface area contributed by atoms with E-state index in [-0.39, 0.29) is 16.5 Å². The van der Waals surface area contributed by atoms with Gasteiger partial charge in [0.15, 0.2) is 11.0 Å². The molecule has 1 aromatic heterocycles. The number of thioether (sulfide) groups is 1. The molecule has 1 heterocycles. The molecule has 11 heteroatoms. The molecule has 0 aliphatic carbocycles. The van der Waals surface area contributed by atoms with E-state index in [1.807, 2.05) is 18.2 Å². The van der Waals surface area contributed by atoms with Crippen molar-refractivity contribution in [1.82, 2.24) is 14.8 Å². The van der Waals surface area contributed by atoms with Gasteiger partial charge in [-0.1, -0.05) is 35.5 Å². The van der Waals surface area contributed by atoms with E-state index >= 15 is 0 Å². The lowest BCUT2D eigenvalue weighted by molar-refractivity contribution is -0.137. The Hall–Kier alpha value is -2.72. The number of hydrogen-bond acceptors (Lipinski definition) is 5. The van der Waals surface area contributed by atoms with E-state index < -0.39 is 17.6 Å². The van der Waals surface area contributed by atoms with Crippen LogP contribution in [0.2, 0.25) is 5.02 Å². The number of hydrogen-bond donors (Lipinski definition) is 1. The zero-order valence-electron chi connectivity index (χ0n) is 15.8. The van der Waals surface area contributed by atoms with E-state index in [4.69, 9.17) is 16.3 Å². The predicted molar refractivity (Wildman–Crippen MR) is 109 cm³/mol. The molecule has 0 spiro atoms. The van der Waals surface area contributed by atoms with Crippen LogP contribution in [0.4, 0.5) is 18.9 Å². The standard InChI is InChI=1S/C19H16ClF3N4O2S/c1-27-17(12-5-3-4-6-15(12)29-2)25-26-18(27)30-10-16(28)24-14-9-11(19(21,22)23)7-8-13(14)20/h3-9H,10H2,1-2H3,(H,24,28). The number of nitrogens with one attached hydrogen (secondary N) is 1. The molecule has 3 rings (SSSR count). The molecule has 0 saturated heterocycles. The van der Waals surface area contributed by atoms with Crippen LogP contribution in [0.25, 0.3) is 11.4 Å². The number of nitrogens with zero attached hydrogens (tertiary/aromatic N) is 3. The molecule has 0 aliphatic rings. The van der Waals surface area contributed by atoms with Crippen LogP contribution >= 0.6 is 23.4 Å². The van der Waals surface area contributed by atoms with Gasteiger partial charge in [0.2, 0.25) is 5.91 Å². The van der Waals surface area contributed by atoms with Crippen LogP contribution in [0.5, 0.6) is 5.75 Å². The fourth-order valence-electron chi connectivity index (χ4n) is 2.62. The number of carbonyl (C=O) groups is 1. The van der Waals surface area contributed by atoms with Crippen molar-refractivity contribution < 1.29 is 22.7 Å². The minimum atomic E-state index is -4.54. The molecule has 0 radical (unpaired) electrons. The number of carbonyl (C=O) groups excluding carboxylic acids is 1. The van der Waals surface area contributed by atoms with Gasteiger partial charge in [0.25, 0.3) is 0 Å². The Morgan fingerprint density at radius 3 is 2.67 bits per heavy atom. The fourth-order valence-corrected chi connectivity index (χ4v) is 3.49. The third-order valence-corrected chi connectivity index (χ3v) is 5.43. The number of aromatic nitrogens is 3. The van der Waals surface area contributed by atoms with Gasteiger partial charge in [-0.15, -0.1) is 10.2 Å². The first-order chi connectivity index (χ1) is 14.2. The van der Waals surface area contributed by atoms with Crippen LogP contribution in [-0.2, 0) is 18.0 Å². The molecule has 0 saturated carbocycles. The number of amides is 1. The first-order valence-electron chi connectivity index (χ1n) is 8.53. The third kappa shape index (κ3) is 4.88. The van der Waals surface area contributed by atoms with E-state index in [0.29, 0.717) is 16.7 Å². The van der Waals surface area contributed by atoms with Gasteiger partial charge in [-0.2, -0.15) is 13.2 Å². The molecule has 0 atom stereocenters. The molecular formula is C19H16ClF3N4O2S. The molecule has 6 nitrogen and oxygen atoms in total. The summed E-state index contributed by atoms with van der Waals surface area (Å²) in [6, 6.07) is 10.0. The quantitative estimate of drug-likeness (QED) is 0.535. The maximum atomic E-state index is 12.9. The molecule has 1 N–H and O–H groups in total. The second-order valence-corrected chi connectivity index (χ2v) is 7.44. The normalized spacial score (nSPS) is 11.4. The van der Waals surface area contributed by atoms with Crippen LogP contribution in [0.15, 0.2) is 47.6 Å². The lowest BCUT2D eigenvalue weighted by atomic mass is 10.2.